The maximum Gasteiger partial charge on any atom is -0.0354 e. The molecule has 0 aromatic carbocycles. The highest BCUT2D eigenvalue weighted by Gasteiger charge is 2.16. The quantitative estimate of drug-likeness (QED) is 0.160. The first-order valence-electron chi connectivity index (χ1n) is 13.5. The monoisotopic (exact) mass is 394 g/mol. The molecule has 170 valence electrons. The summed E-state index contributed by atoms with van der Waals surface area (Å²) < 4.78 is 0. The lowest BCUT2D eigenvalue weighted by Crippen LogP contribution is -2.11. The van der Waals surface area contributed by atoms with Gasteiger partial charge < -0.3 is 0 Å². The van der Waals surface area contributed by atoms with Crippen LogP contribution in [0.15, 0.2) is 0 Å². The molecule has 0 nitrogen and oxygen atoms in total. The lowest BCUT2D eigenvalue weighted by molar-refractivity contribution is 0.282. The van der Waals surface area contributed by atoms with Crippen molar-refractivity contribution in [2.75, 3.05) is 0 Å². The average Bonchev–Trinajstić information content (AvgIpc) is 2.66. The summed E-state index contributed by atoms with van der Waals surface area (Å²) in [6.07, 6.45) is 30.4. The van der Waals surface area contributed by atoms with Crippen LogP contribution in [0.25, 0.3) is 0 Å². The molecule has 0 bridgehead atoms. The maximum atomic E-state index is 2.51. The van der Waals surface area contributed by atoms with Gasteiger partial charge in [0.1, 0.15) is 0 Å². The number of rotatable bonds is 22. The van der Waals surface area contributed by atoms with E-state index in [9.17, 15) is 0 Å². The van der Waals surface area contributed by atoms with Crippen LogP contribution in [0.2, 0.25) is 0 Å². The first-order chi connectivity index (χ1) is 13.5. The average molecular weight is 395 g/mol. The third-order valence-corrected chi connectivity index (χ3v) is 6.81. The van der Waals surface area contributed by atoms with Gasteiger partial charge in [-0.3, -0.25) is 0 Å². The molecule has 0 heterocycles. The lowest BCUT2D eigenvalue weighted by Gasteiger charge is -2.24. The Hall–Kier alpha value is 0. The van der Waals surface area contributed by atoms with Crippen molar-refractivity contribution in [3.63, 3.8) is 0 Å². The zero-order chi connectivity index (χ0) is 20.9. The molecule has 0 aromatic rings. The Kier molecular flexibility index (Phi) is 20.3. The molecule has 0 amide bonds. The van der Waals surface area contributed by atoms with Gasteiger partial charge in [0.2, 0.25) is 0 Å². The second kappa shape index (κ2) is 20.3. The van der Waals surface area contributed by atoms with Crippen molar-refractivity contribution in [2.24, 2.45) is 11.3 Å². The summed E-state index contributed by atoms with van der Waals surface area (Å²) in [5.41, 5.74) is 0.580. The van der Waals surface area contributed by atoms with Gasteiger partial charge in [-0.15, -0.1) is 0 Å². The van der Waals surface area contributed by atoms with Gasteiger partial charge in [-0.1, -0.05) is 157 Å². The van der Waals surface area contributed by atoms with Crippen LogP contribution in [0.1, 0.15) is 169 Å². The molecule has 0 radical (unpaired) electrons. The van der Waals surface area contributed by atoms with Crippen LogP contribution in [0.5, 0.6) is 0 Å². The first-order valence-corrected chi connectivity index (χ1v) is 13.5. The minimum atomic E-state index is 0.580. The molecular formula is C28H58. The van der Waals surface area contributed by atoms with Gasteiger partial charge in [0.25, 0.3) is 0 Å². The highest BCUT2D eigenvalue weighted by Crippen LogP contribution is 2.30. The fraction of sp³-hybridized carbons (Fsp3) is 1.00. The third-order valence-electron chi connectivity index (χ3n) is 6.81. The predicted molar refractivity (Wildman–Crippen MR) is 131 cm³/mol. The van der Waals surface area contributed by atoms with E-state index in [0.717, 1.165) is 5.92 Å². The minimum Gasteiger partial charge on any atom is -0.0654 e. The molecule has 0 aliphatic rings. The molecular weight excluding hydrogens is 336 g/mol. The van der Waals surface area contributed by atoms with Crippen LogP contribution >= 0.6 is 0 Å². The van der Waals surface area contributed by atoms with Gasteiger partial charge in [0.15, 0.2) is 0 Å². The Morgan fingerprint density at radius 2 is 0.786 bits per heavy atom. The summed E-state index contributed by atoms with van der Waals surface area (Å²) in [6, 6.07) is 0. The molecule has 0 aliphatic heterocycles. The normalized spacial score (nSPS) is 13.2. The molecule has 0 heteroatoms. The van der Waals surface area contributed by atoms with Crippen molar-refractivity contribution >= 4 is 0 Å². The molecule has 0 aliphatic carbocycles. The third kappa shape index (κ3) is 20.7. The van der Waals surface area contributed by atoms with Crippen LogP contribution in [0.3, 0.4) is 0 Å². The summed E-state index contributed by atoms with van der Waals surface area (Å²) >= 11 is 0. The highest BCUT2D eigenvalue weighted by molar-refractivity contribution is 4.69. The van der Waals surface area contributed by atoms with E-state index >= 15 is 0 Å². The fourth-order valence-corrected chi connectivity index (χ4v) is 4.55. The Morgan fingerprint density at radius 3 is 1.21 bits per heavy atom. The van der Waals surface area contributed by atoms with Gasteiger partial charge in [-0.2, -0.15) is 0 Å². The number of unbranched alkanes of at least 4 members (excludes halogenated alkanes) is 14. The van der Waals surface area contributed by atoms with Crippen molar-refractivity contribution in [1.29, 1.82) is 0 Å². The molecule has 1 unspecified atom stereocenters. The van der Waals surface area contributed by atoms with E-state index in [1.54, 1.807) is 0 Å². The molecule has 1 atom stereocenters. The Bertz CT molecular complexity index is 290. The largest absolute Gasteiger partial charge is 0.0654 e. The number of hydrogen-bond acceptors (Lipinski definition) is 0. The van der Waals surface area contributed by atoms with Gasteiger partial charge in [-0.25, -0.2) is 0 Å². The van der Waals surface area contributed by atoms with Gasteiger partial charge in [0, 0.05) is 0 Å². The van der Waals surface area contributed by atoms with E-state index in [1.165, 1.54) is 135 Å². The summed E-state index contributed by atoms with van der Waals surface area (Å²) in [4.78, 5) is 0. The van der Waals surface area contributed by atoms with E-state index in [4.69, 9.17) is 0 Å². The standard InChI is InChI=1S/C28H58/c1-6-8-10-12-14-17-21-25-28(4,5)26-22-18-15-13-16-20-24-27(3)23-19-11-9-7-2/h27H,6-26H2,1-5H3. The molecule has 0 N–H and O–H groups in total. The second-order valence-corrected chi connectivity index (χ2v) is 10.7. The summed E-state index contributed by atoms with van der Waals surface area (Å²) in [5.74, 6) is 0.962. The van der Waals surface area contributed by atoms with Gasteiger partial charge in [-0.05, 0) is 24.2 Å². The molecule has 0 saturated carbocycles. The summed E-state index contributed by atoms with van der Waals surface area (Å²) in [6.45, 7) is 12.1. The lowest BCUT2D eigenvalue weighted by atomic mass is 9.81. The van der Waals surface area contributed by atoms with E-state index in [-0.39, 0.29) is 0 Å². The van der Waals surface area contributed by atoms with Crippen molar-refractivity contribution < 1.29 is 0 Å². The Balaban J connectivity index is 3.39. The Morgan fingerprint density at radius 1 is 0.464 bits per heavy atom. The zero-order valence-electron chi connectivity index (χ0n) is 20.9. The van der Waals surface area contributed by atoms with Crippen LogP contribution in [-0.2, 0) is 0 Å². The van der Waals surface area contributed by atoms with Crippen molar-refractivity contribution in [1.82, 2.24) is 0 Å². The van der Waals surface area contributed by atoms with Crippen LogP contribution in [0.4, 0.5) is 0 Å². The zero-order valence-corrected chi connectivity index (χ0v) is 20.9. The number of hydrogen-bond donors (Lipinski definition) is 0. The predicted octanol–water partition coefficient (Wildman–Crippen LogP) is 10.9. The van der Waals surface area contributed by atoms with Gasteiger partial charge >= 0.3 is 0 Å². The van der Waals surface area contributed by atoms with Crippen LogP contribution < -0.4 is 0 Å². The van der Waals surface area contributed by atoms with Crippen LogP contribution in [0, 0.1) is 11.3 Å². The van der Waals surface area contributed by atoms with Crippen molar-refractivity contribution in [2.45, 2.75) is 169 Å². The van der Waals surface area contributed by atoms with Crippen molar-refractivity contribution in [3.05, 3.63) is 0 Å². The SMILES string of the molecule is CCCCCCCCCC(C)(C)CCCCCCCCC(C)CCCCCC. The van der Waals surface area contributed by atoms with E-state index < -0.39 is 0 Å². The first kappa shape index (κ1) is 28.0. The second-order valence-electron chi connectivity index (χ2n) is 10.7. The van der Waals surface area contributed by atoms with E-state index in [0.29, 0.717) is 5.41 Å². The minimum absolute atomic E-state index is 0.580. The molecule has 0 saturated heterocycles. The Labute approximate surface area is 181 Å². The molecule has 0 fully saturated rings. The molecule has 0 rings (SSSR count). The van der Waals surface area contributed by atoms with E-state index in [1.807, 2.05) is 0 Å². The van der Waals surface area contributed by atoms with Crippen LogP contribution in [-0.4, -0.2) is 0 Å². The molecule has 0 spiro atoms. The fourth-order valence-electron chi connectivity index (χ4n) is 4.55. The molecule has 28 heavy (non-hydrogen) atoms. The van der Waals surface area contributed by atoms with E-state index in [2.05, 4.69) is 34.6 Å². The topological polar surface area (TPSA) is 0 Å². The maximum absolute atomic E-state index is 2.51. The van der Waals surface area contributed by atoms with Gasteiger partial charge in [0.05, 0.1) is 0 Å². The highest BCUT2D eigenvalue weighted by atomic mass is 14.2. The molecule has 0 aromatic heterocycles. The summed E-state index contributed by atoms with van der Waals surface area (Å²) in [7, 11) is 0. The summed E-state index contributed by atoms with van der Waals surface area (Å²) in [5, 5.41) is 0. The van der Waals surface area contributed by atoms with Crippen molar-refractivity contribution in [3.8, 4) is 0 Å². The smallest absolute Gasteiger partial charge is 0.0354 e.